The van der Waals surface area contributed by atoms with Gasteiger partial charge in [-0.2, -0.15) is 8.42 Å². The third kappa shape index (κ3) is 6.89. The SMILES string of the molecule is CC(C)CC(NC(=O)c1ccc(-c2ccc([N+](=O)[O-])cc2)o1)C(=O)N([C@H]1CCCNCC1=O)S(=O)(=O)c1ccccn1. The molecule has 1 aliphatic rings. The molecule has 2 atom stereocenters. The van der Waals surface area contributed by atoms with Gasteiger partial charge in [-0.05, 0) is 68.1 Å². The first-order valence-electron chi connectivity index (χ1n) is 13.4. The average Bonchev–Trinajstić information content (AvgIpc) is 3.37. The Kier molecular flexibility index (Phi) is 9.48. The summed E-state index contributed by atoms with van der Waals surface area (Å²) in [6.45, 7) is 4.00. The molecule has 13 nitrogen and oxygen atoms in total. The monoisotopic (exact) mass is 597 g/mol. The number of furan rings is 1. The van der Waals surface area contributed by atoms with E-state index in [0.29, 0.717) is 22.8 Å². The van der Waals surface area contributed by atoms with Gasteiger partial charge in [0.2, 0.25) is 0 Å². The largest absolute Gasteiger partial charge is 0.451 e. The van der Waals surface area contributed by atoms with E-state index in [1.165, 1.54) is 60.8 Å². The Balaban J connectivity index is 1.65. The molecule has 1 aromatic carbocycles. The fourth-order valence-corrected chi connectivity index (χ4v) is 6.21. The number of carbonyl (C=O) groups is 3. The number of amides is 2. The van der Waals surface area contributed by atoms with E-state index < -0.39 is 49.7 Å². The van der Waals surface area contributed by atoms with E-state index in [1.807, 2.05) is 13.8 Å². The van der Waals surface area contributed by atoms with Gasteiger partial charge in [0.05, 0.1) is 11.5 Å². The number of hydrogen-bond donors (Lipinski definition) is 2. The number of hydrogen-bond acceptors (Lipinski definition) is 10. The number of nitrogens with one attached hydrogen (secondary N) is 2. The predicted octanol–water partition coefficient (Wildman–Crippen LogP) is 2.93. The van der Waals surface area contributed by atoms with Crippen LogP contribution in [0.25, 0.3) is 11.3 Å². The van der Waals surface area contributed by atoms with E-state index in [0.717, 1.165) is 0 Å². The van der Waals surface area contributed by atoms with Crippen LogP contribution >= 0.6 is 0 Å². The average molecular weight is 598 g/mol. The van der Waals surface area contributed by atoms with Gasteiger partial charge >= 0.3 is 0 Å². The zero-order chi connectivity index (χ0) is 30.4. The summed E-state index contributed by atoms with van der Waals surface area (Å²) in [5, 5.41) is 16.1. The lowest BCUT2D eigenvalue weighted by Gasteiger charge is -2.32. The molecule has 3 aromatic rings. The highest BCUT2D eigenvalue weighted by Crippen LogP contribution is 2.26. The minimum Gasteiger partial charge on any atom is -0.451 e. The molecule has 1 unspecified atom stereocenters. The Labute approximate surface area is 242 Å². The van der Waals surface area contributed by atoms with E-state index in [4.69, 9.17) is 4.42 Å². The zero-order valence-electron chi connectivity index (χ0n) is 23.1. The van der Waals surface area contributed by atoms with Crippen LogP contribution < -0.4 is 10.6 Å². The highest BCUT2D eigenvalue weighted by Gasteiger charge is 2.43. The summed E-state index contributed by atoms with van der Waals surface area (Å²) >= 11 is 0. The van der Waals surface area contributed by atoms with Gasteiger partial charge in [0.15, 0.2) is 16.6 Å². The highest BCUT2D eigenvalue weighted by atomic mass is 32.2. The van der Waals surface area contributed by atoms with E-state index in [2.05, 4.69) is 15.6 Å². The van der Waals surface area contributed by atoms with Gasteiger partial charge in [-0.15, -0.1) is 0 Å². The quantitative estimate of drug-likeness (QED) is 0.260. The van der Waals surface area contributed by atoms with Gasteiger partial charge < -0.3 is 15.1 Å². The van der Waals surface area contributed by atoms with Crippen LogP contribution in [0.15, 0.2) is 70.2 Å². The van der Waals surface area contributed by atoms with E-state index in [1.54, 1.807) is 0 Å². The Morgan fingerprint density at radius 3 is 2.55 bits per heavy atom. The molecule has 3 heterocycles. The lowest BCUT2D eigenvalue weighted by atomic mass is 10.0. The van der Waals surface area contributed by atoms with Crippen LogP contribution in [0.4, 0.5) is 5.69 Å². The summed E-state index contributed by atoms with van der Waals surface area (Å²) in [6.07, 6.45) is 1.92. The molecule has 0 spiro atoms. The molecular formula is C28H31N5O8S. The smallest absolute Gasteiger partial charge is 0.287 e. The molecule has 222 valence electrons. The maximum absolute atomic E-state index is 14.1. The van der Waals surface area contributed by atoms with Crippen molar-refractivity contribution < 1.29 is 32.1 Å². The fourth-order valence-electron chi connectivity index (χ4n) is 4.64. The lowest BCUT2D eigenvalue weighted by molar-refractivity contribution is -0.384. The standard InChI is InChI=1S/C28H31N5O8S/c1-18(2)16-21(31-27(35)25-13-12-24(41-25)19-8-10-20(11-9-19)33(37)38)28(36)32(22-6-5-14-29-17-23(22)34)42(39,40)26-7-3-4-15-30-26/h3-4,7-13,15,18,21-22,29H,5-6,14,16-17H2,1-2H3,(H,31,35)/t21?,22-/m0/s1. The van der Waals surface area contributed by atoms with Gasteiger partial charge in [-0.3, -0.25) is 24.5 Å². The first kappa shape index (κ1) is 30.5. The molecule has 0 bridgehead atoms. The van der Waals surface area contributed by atoms with E-state index in [-0.39, 0.29) is 42.5 Å². The van der Waals surface area contributed by atoms with Gasteiger partial charge in [0.25, 0.3) is 27.5 Å². The Hall–Kier alpha value is -4.43. The number of nitro groups is 1. The van der Waals surface area contributed by atoms with Crippen molar-refractivity contribution >= 4 is 33.3 Å². The lowest BCUT2D eigenvalue weighted by Crippen LogP contribution is -2.56. The summed E-state index contributed by atoms with van der Waals surface area (Å²) in [4.78, 5) is 54.7. The second kappa shape index (κ2) is 13.0. The predicted molar refractivity (Wildman–Crippen MR) is 151 cm³/mol. The molecule has 2 amide bonds. The highest BCUT2D eigenvalue weighted by molar-refractivity contribution is 7.89. The topological polar surface area (TPSA) is 182 Å². The summed E-state index contributed by atoms with van der Waals surface area (Å²) in [5.74, 6) is -2.22. The van der Waals surface area contributed by atoms with Crippen molar-refractivity contribution in [2.75, 3.05) is 13.1 Å². The number of nitrogens with zero attached hydrogens (tertiary/aromatic N) is 3. The summed E-state index contributed by atoms with van der Waals surface area (Å²) in [6, 6.07) is 10.1. The summed E-state index contributed by atoms with van der Waals surface area (Å²) in [5.41, 5.74) is 0.383. The van der Waals surface area contributed by atoms with Crippen molar-refractivity contribution in [1.29, 1.82) is 0 Å². The Morgan fingerprint density at radius 2 is 1.90 bits per heavy atom. The molecule has 42 heavy (non-hydrogen) atoms. The second-order valence-corrected chi connectivity index (χ2v) is 12.0. The number of rotatable bonds is 10. The van der Waals surface area contributed by atoms with E-state index in [9.17, 15) is 32.9 Å². The third-order valence-corrected chi connectivity index (χ3v) is 8.39. The second-order valence-electron chi connectivity index (χ2n) is 10.2. The number of pyridine rings is 1. The van der Waals surface area contributed by atoms with E-state index >= 15 is 0 Å². The molecular weight excluding hydrogens is 566 g/mol. The first-order valence-corrected chi connectivity index (χ1v) is 14.8. The van der Waals surface area contributed by atoms with Crippen LogP contribution in [0.2, 0.25) is 0 Å². The van der Waals surface area contributed by atoms with Crippen molar-refractivity contribution in [3.8, 4) is 11.3 Å². The molecule has 0 saturated carbocycles. The van der Waals surface area contributed by atoms with Crippen LogP contribution in [0, 0.1) is 16.0 Å². The molecule has 2 N–H and O–H groups in total. The maximum atomic E-state index is 14.1. The first-order chi connectivity index (χ1) is 20.0. The number of non-ortho nitro benzene ring substituents is 1. The third-order valence-electron chi connectivity index (χ3n) is 6.67. The minimum atomic E-state index is -4.57. The number of ketones is 1. The molecule has 4 rings (SSSR count). The van der Waals surface area contributed by atoms with Crippen LogP contribution in [-0.2, 0) is 19.6 Å². The van der Waals surface area contributed by atoms with Crippen LogP contribution in [0.1, 0.15) is 43.7 Å². The maximum Gasteiger partial charge on any atom is 0.287 e. The molecule has 1 fully saturated rings. The van der Waals surface area contributed by atoms with Crippen LogP contribution in [0.3, 0.4) is 0 Å². The van der Waals surface area contributed by atoms with Gasteiger partial charge in [0.1, 0.15) is 17.8 Å². The van der Waals surface area contributed by atoms with Gasteiger partial charge in [0, 0.05) is 23.9 Å². The van der Waals surface area contributed by atoms with Crippen molar-refractivity contribution in [2.24, 2.45) is 5.92 Å². The number of Topliss-reactive ketones (excluding diaryl/α,β-unsaturated/α-hetero) is 1. The fraction of sp³-hybridized carbons (Fsp3) is 0.357. The molecule has 14 heteroatoms. The van der Waals surface area contributed by atoms with Crippen molar-refractivity contribution in [2.45, 2.75) is 50.2 Å². The van der Waals surface area contributed by atoms with Gasteiger partial charge in [-0.1, -0.05) is 19.9 Å². The number of sulfonamides is 1. The van der Waals surface area contributed by atoms with Gasteiger partial charge in [-0.25, -0.2) is 9.29 Å². The number of aromatic nitrogens is 1. The molecule has 0 aliphatic carbocycles. The molecule has 1 aliphatic heterocycles. The summed E-state index contributed by atoms with van der Waals surface area (Å²) < 4.78 is 33.9. The van der Waals surface area contributed by atoms with Crippen LogP contribution in [0.5, 0.6) is 0 Å². The number of benzene rings is 1. The Bertz CT molecular complexity index is 1550. The molecule has 1 saturated heterocycles. The minimum absolute atomic E-state index is 0.0773. The van der Waals surface area contributed by atoms with Crippen LogP contribution in [-0.4, -0.2) is 65.4 Å². The molecule has 0 radical (unpaired) electrons. The number of nitro benzene ring substituents is 1. The normalized spacial score (nSPS) is 16.5. The van der Waals surface area contributed by atoms with Crippen molar-refractivity contribution in [3.05, 3.63) is 76.7 Å². The van der Waals surface area contributed by atoms with Crippen molar-refractivity contribution in [1.82, 2.24) is 19.9 Å². The number of carbonyl (C=O) groups excluding carboxylic acids is 3. The summed E-state index contributed by atoms with van der Waals surface area (Å²) in [7, 11) is -4.57. The Morgan fingerprint density at radius 1 is 1.17 bits per heavy atom. The molecule has 2 aromatic heterocycles. The zero-order valence-corrected chi connectivity index (χ0v) is 23.9. The van der Waals surface area contributed by atoms with Crippen molar-refractivity contribution in [3.63, 3.8) is 0 Å².